The molecule has 0 aliphatic heterocycles. The summed E-state index contributed by atoms with van der Waals surface area (Å²) in [6.45, 7) is 0. The zero-order valence-electron chi connectivity index (χ0n) is 19.2. The van der Waals surface area contributed by atoms with E-state index in [-0.39, 0.29) is 5.91 Å². The Morgan fingerprint density at radius 3 is 2.57 bits per heavy atom. The molecule has 5 rings (SSSR count). The standard InChI is InChI=1S/C27H23N5O3/c1-34-24-13-12-18(14-25(24)35-2)26-19(17-32(31-26)20-8-4-3-5-9-20)15-29-30-27(33)22-16-28-23-11-7-6-10-21(22)23/h3-17,28H,1-2H3,(H,30,33)/b29-15+. The highest BCUT2D eigenvalue weighted by atomic mass is 16.5. The summed E-state index contributed by atoms with van der Waals surface area (Å²) in [7, 11) is 3.18. The lowest BCUT2D eigenvalue weighted by Crippen LogP contribution is -2.17. The van der Waals surface area contributed by atoms with Crippen LogP contribution < -0.4 is 14.9 Å². The molecular weight excluding hydrogens is 442 g/mol. The molecule has 174 valence electrons. The summed E-state index contributed by atoms with van der Waals surface area (Å²) in [5.74, 6) is 0.913. The zero-order chi connectivity index (χ0) is 24.2. The van der Waals surface area contributed by atoms with Crippen LogP contribution in [0.25, 0.3) is 27.8 Å². The van der Waals surface area contributed by atoms with Crippen molar-refractivity contribution in [2.24, 2.45) is 5.10 Å². The molecule has 2 aromatic heterocycles. The summed E-state index contributed by atoms with van der Waals surface area (Å²) in [5.41, 5.74) is 7.16. The van der Waals surface area contributed by atoms with Crippen molar-refractivity contribution in [3.8, 4) is 28.4 Å². The zero-order valence-corrected chi connectivity index (χ0v) is 19.2. The second-order valence-corrected chi connectivity index (χ2v) is 7.73. The van der Waals surface area contributed by atoms with Gasteiger partial charge in [-0.3, -0.25) is 4.79 Å². The van der Waals surface area contributed by atoms with E-state index in [0.717, 1.165) is 27.7 Å². The minimum Gasteiger partial charge on any atom is -0.493 e. The predicted octanol–water partition coefficient (Wildman–Crippen LogP) is 4.80. The molecule has 1 amide bonds. The van der Waals surface area contributed by atoms with Crippen LogP contribution in [0.1, 0.15) is 15.9 Å². The van der Waals surface area contributed by atoms with Crippen LogP contribution in [0.2, 0.25) is 0 Å². The summed E-state index contributed by atoms with van der Waals surface area (Å²) in [5, 5.41) is 9.84. The number of H-pyrrole nitrogens is 1. The molecule has 0 fully saturated rings. The number of para-hydroxylation sites is 2. The van der Waals surface area contributed by atoms with Gasteiger partial charge in [-0.05, 0) is 36.4 Å². The van der Waals surface area contributed by atoms with Crippen LogP contribution in [0.15, 0.2) is 90.3 Å². The van der Waals surface area contributed by atoms with E-state index in [9.17, 15) is 4.79 Å². The molecule has 5 aromatic rings. The fourth-order valence-electron chi connectivity index (χ4n) is 3.88. The number of carbonyl (C=O) groups is 1. The quantitative estimate of drug-likeness (QED) is 0.267. The molecule has 0 spiro atoms. The van der Waals surface area contributed by atoms with Crippen molar-refractivity contribution in [3.05, 3.63) is 96.3 Å². The van der Waals surface area contributed by atoms with Crippen LogP contribution in [0.4, 0.5) is 0 Å². The smallest absolute Gasteiger partial charge is 0.273 e. The average Bonchev–Trinajstić information content (AvgIpc) is 3.53. The van der Waals surface area contributed by atoms with Crippen LogP contribution in [-0.2, 0) is 0 Å². The topological polar surface area (TPSA) is 93.5 Å². The molecule has 3 aromatic carbocycles. The third-order valence-corrected chi connectivity index (χ3v) is 5.62. The molecule has 0 saturated carbocycles. The molecule has 0 atom stereocenters. The molecule has 0 bridgehead atoms. The minimum atomic E-state index is -0.304. The summed E-state index contributed by atoms with van der Waals surface area (Å²) < 4.78 is 12.6. The Hall–Kier alpha value is -4.85. The third-order valence-electron chi connectivity index (χ3n) is 5.62. The van der Waals surface area contributed by atoms with Gasteiger partial charge in [0.15, 0.2) is 11.5 Å². The van der Waals surface area contributed by atoms with Crippen LogP contribution in [-0.4, -0.2) is 41.1 Å². The maximum absolute atomic E-state index is 12.7. The number of rotatable bonds is 7. The Labute approximate surface area is 201 Å². The first-order chi connectivity index (χ1) is 17.2. The number of nitrogens with one attached hydrogen (secondary N) is 2. The van der Waals surface area contributed by atoms with Gasteiger partial charge in [-0.15, -0.1) is 0 Å². The van der Waals surface area contributed by atoms with Gasteiger partial charge in [0.05, 0.1) is 31.7 Å². The van der Waals surface area contributed by atoms with Gasteiger partial charge in [0.1, 0.15) is 5.69 Å². The molecule has 8 nitrogen and oxygen atoms in total. The highest BCUT2D eigenvalue weighted by Crippen LogP contribution is 2.33. The molecule has 0 radical (unpaired) electrons. The lowest BCUT2D eigenvalue weighted by atomic mass is 10.1. The maximum atomic E-state index is 12.7. The van der Waals surface area contributed by atoms with Crippen molar-refractivity contribution in [2.75, 3.05) is 14.2 Å². The highest BCUT2D eigenvalue weighted by Gasteiger charge is 2.15. The van der Waals surface area contributed by atoms with Gasteiger partial charge in [-0.1, -0.05) is 36.4 Å². The molecule has 2 heterocycles. The van der Waals surface area contributed by atoms with Crippen molar-refractivity contribution in [1.82, 2.24) is 20.2 Å². The van der Waals surface area contributed by atoms with Crippen LogP contribution in [0.3, 0.4) is 0 Å². The number of ether oxygens (including phenoxy) is 2. The SMILES string of the molecule is COc1ccc(-c2nn(-c3ccccc3)cc2/C=N/NC(=O)c2c[nH]c3ccccc23)cc1OC. The highest BCUT2D eigenvalue weighted by molar-refractivity contribution is 6.07. The number of hydrogen-bond acceptors (Lipinski definition) is 5. The van der Waals surface area contributed by atoms with E-state index >= 15 is 0 Å². The van der Waals surface area contributed by atoms with E-state index in [2.05, 4.69) is 15.5 Å². The van der Waals surface area contributed by atoms with Gasteiger partial charge in [-0.2, -0.15) is 10.2 Å². The molecular formula is C27H23N5O3. The van der Waals surface area contributed by atoms with Crippen molar-refractivity contribution in [3.63, 3.8) is 0 Å². The molecule has 8 heteroatoms. The Bertz CT molecular complexity index is 1520. The maximum Gasteiger partial charge on any atom is 0.273 e. The summed E-state index contributed by atoms with van der Waals surface area (Å²) in [6.07, 6.45) is 5.13. The average molecular weight is 466 g/mol. The van der Waals surface area contributed by atoms with E-state index in [4.69, 9.17) is 14.6 Å². The predicted molar refractivity (Wildman–Crippen MR) is 135 cm³/mol. The summed E-state index contributed by atoms with van der Waals surface area (Å²) in [6, 6.07) is 23.0. The van der Waals surface area contributed by atoms with Crippen LogP contribution in [0, 0.1) is 0 Å². The number of fused-ring (bicyclic) bond motifs is 1. The van der Waals surface area contributed by atoms with Crippen molar-refractivity contribution >= 4 is 23.0 Å². The Balaban J connectivity index is 1.48. The number of hydrazone groups is 1. The normalized spacial score (nSPS) is 11.1. The molecule has 0 aliphatic rings. The van der Waals surface area contributed by atoms with E-state index in [1.165, 1.54) is 0 Å². The van der Waals surface area contributed by atoms with Gasteiger partial charge in [0.25, 0.3) is 5.91 Å². The molecule has 0 aliphatic carbocycles. The number of amides is 1. The first kappa shape index (κ1) is 22.0. The van der Waals surface area contributed by atoms with E-state index in [1.54, 1.807) is 31.3 Å². The van der Waals surface area contributed by atoms with Gasteiger partial charge in [0.2, 0.25) is 0 Å². The van der Waals surface area contributed by atoms with E-state index in [0.29, 0.717) is 22.8 Å². The van der Waals surface area contributed by atoms with Crippen LogP contribution >= 0.6 is 0 Å². The Morgan fingerprint density at radius 1 is 1.00 bits per heavy atom. The summed E-state index contributed by atoms with van der Waals surface area (Å²) >= 11 is 0. The van der Waals surface area contributed by atoms with E-state index < -0.39 is 0 Å². The fourth-order valence-corrected chi connectivity index (χ4v) is 3.88. The fraction of sp³-hybridized carbons (Fsp3) is 0.0741. The number of carbonyl (C=O) groups excluding carboxylic acids is 1. The number of aromatic amines is 1. The van der Waals surface area contributed by atoms with Gasteiger partial charge >= 0.3 is 0 Å². The second-order valence-electron chi connectivity index (χ2n) is 7.73. The lowest BCUT2D eigenvalue weighted by molar-refractivity contribution is 0.0957. The van der Waals surface area contributed by atoms with Gasteiger partial charge in [0, 0.05) is 34.4 Å². The number of aromatic nitrogens is 3. The van der Waals surface area contributed by atoms with Crippen molar-refractivity contribution < 1.29 is 14.3 Å². The number of benzene rings is 3. The monoisotopic (exact) mass is 465 g/mol. The molecule has 35 heavy (non-hydrogen) atoms. The first-order valence-corrected chi connectivity index (χ1v) is 10.9. The summed E-state index contributed by atoms with van der Waals surface area (Å²) in [4.78, 5) is 15.9. The van der Waals surface area contributed by atoms with Crippen LogP contribution in [0.5, 0.6) is 11.5 Å². The Morgan fingerprint density at radius 2 is 1.77 bits per heavy atom. The molecule has 0 unspecified atom stereocenters. The number of methoxy groups -OCH3 is 2. The Kier molecular flexibility index (Phi) is 6.00. The molecule has 2 N–H and O–H groups in total. The van der Waals surface area contributed by atoms with Gasteiger partial charge in [-0.25, -0.2) is 10.1 Å². The van der Waals surface area contributed by atoms with Gasteiger partial charge < -0.3 is 14.5 Å². The second kappa shape index (κ2) is 9.56. The van der Waals surface area contributed by atoms with Crippen molar-refractivity contribution in [2.45, 2.75) is 0 Å². The third kappa shape index (κ3) is 4.37. The lowest BCUT2D eigenvalue weighted by Gasteiger charge is -2.09. The van der Waals surface area contributed by atoms with Crippen molar-refractivity contribution in [1.29, 1.82) is 0 Å². The largest absolute Gasteiger partial charge is 0.493 e. The molecule has 0 saturated heterocycles. The first-order valence-electron chi connectivity index (χ1n) is 10.9. The minimum absolute atomic E-state index is 0.304. The van der Waals surface area contributed by atoms with E-state index in [1.807, 2.05) is 79.0 Å². The number of hydrogen-bond donors (Lipinski definition) is 2. The number of nitrogens with zero attached hydrogens (tertiary/aromatic N) is 3.